The first-order valence-electron chi connectivity index (χ1n) is 4.96. The van der Waals surface area contributed by atoms with Gasteiger partial charge in [0.2, 0.25) is 0 Å². The van der Waals surface area contributed by atoms with Gasteiger partial charge in [0.1, 0.15) is 5.82 Å². The summed E-state index contributed by atoms with van der Waals surface area (Å²) in [6, 6.07) is 6.00. The summed E-state index contributed by atoms with van der Waals surface area (Å²) in [5, 5.41) is 3.89. The molecule has 0 aliphatic carbocycles. The van der Waals surface area contributed by atoms with Crippen LogP contribution in [0, 0.1) is 0 Å². The minimum Gasteiger partial charge on any atom is -0.398 e. The van der Waals surface area contributed by atoms with Crippen LogP contribution >= 0.6 is 15.9 Å². The summed E-state index contributed by atoms with van der Waals surface area (Å²) in [5.74, 6) is 0.392. The monoisotopic (exact) mass is 330 g/mol. The maximum Gasteiger partial charge on any atom is 0.263 e. The topological polar surface area (TPSA) is 90.0 Å². The van der Waals surface area contributed by atoms with E-state index in [4.69, 9.17) is 5.73 Å². The van der Waals surface area contributed by atoms with Crippen LogP contribution in [-0.2, 0) is 17.1 Å². The molecule has 6 nitrogen and oxygen atoms in total. The summed E-state index contributed by atoms with van der Waals surface area (Å²) in [6.07, 6.45) is 1.51. The summed E-state index contributed by atoms with van der Waals surface area (Å²) in [6.45, 7) is 0. The smallest absolute Gasteiger partial charge is 0.263 e. The number of nitrogens with one attached hydrogen (secondary N) is 1. The quantitative estimate of drug-likeness (QED) is 0.836. The van der Waals surface area contributed by atoms with Crippen LogP contribution in [0.3, 0.4) is 0 Å². The number of aromatic nitrogens is 2. The van der Waals surface area contributed by atoms with Crippen LogP contribution in [0.15, 0.2) is 39.8 Å². The number of hydrogen-bond acceptors (Lipinski definition) is 4. The van der Waals surface area contributed by atoms with E-state index in [2.05, 4.69) is 25.8 Å². The lowest BCUT2D eigenvalue weighted by molar-refractivity contribution is 0.600. The van der Waals surface area contributed by atoms with Gasteiger partial charge in [-0.3, -0.25) is 9.40 Å². The van der Waals surface area contributed by atoms with Crippen LogP contribution in [0.5, 0.6) is 0 Å². The van der Waals surface area contributed by atoms with Crippen molar-refractivity contribution in [3.8, 4) is 0 Å². The van der Waals surface area contributed by atoms with E-state index in [0.29, 0.717) is 16.0 Å². The Labute approximate surface area is 113 Å². The van der Waals surface area contributed by atoms with E-state index in [1.807, 2.05) is 0 Å². The van der Waals surface area contributed by atoms with Gasteiger partial charge >= 0.3 is 0 Å². The van der Waals surface area contributed by atoms with E-state index >= 15 is 0 Å². The number of nitrogen functional groups attached to an aromatic ring is 1. The molecule has 0 saturated heterocycles. The summed E-state index contributed by atoms with van der Waals surface area (Å²) in [5.41, 5.74) is 6.10. The van der Waals surface area contributed by atoms with Crippen molar-refractivity contribution in [2.24, 2.45) is 7.05 Å². The highest BCUT2D eigenvalue weighted by Gasteiger charge is 2.16. The maximum absolute atomic E-state index is 12.1. The molecule has 0 bridgehead atoms. The van der Waals surface area contributed by atoms with E-state index in [0.717, 1.165) is 0 Å². The van der Waals surface area contributed by atoms with E-state index < -0.39 is 10.0 Å². The Morgan fingerprint density at radius 2 is 2.11 bits per heavy atom. The van der Waals surface area contributed by atoms with E-state index in [1.165, 1.54) is 29.1 Å². The molecule has 2 rings (SSSR count). The highest BCUT2D eigenvalue weighted by atomic mass is 79.9. The molecule has 0 fully saturated rings. The van der Waals surface area contributed by atoms with Gasteiger partial charge in [-0.15, -0.1) is 0 Å². The molecule has 3 N–H and O–H groups in total. The van der Waals surface area contributed by atoms with Crippen molar-refractivity contribution >= 4 is 37.5 Å². The first kappa shape index (κ1) is 12.9. The molecule has 0 radical (unpaired) electrons. The summed E-state index contributed by atoms with van der Waals surface area (Å²) in [4.78, 5) is 0.129. The molecule has 96 valence electrons. The standard InChI is InChI=1S/C10H11BrN4O2S/c1-15-10(4-5-13-15)14-18(16,17)7-2-3-9(12)8(11)6-7/h2-6,14H,12H2,1H3. The summed E-state index contributed by atoms with van der Waals surface area (Å²) in [7, 11) is -1.99. The van der Waals surface area contributed by atoms with Crippen LogP contribution in [0.1, 0.15) is 0 Å². The van der Waals surface area contributed by atoms with Gasteiger partial charge in [0.15, 0.2) is 0 Å². The number of rotatable bonds is 3. The maximum atomic E-state index is 12.1. The molecule has 0 saturated carbocycles. The molecule has 18 heavy (non-hydrogen) atoms. The number of nitrogens with two attached hydrogens (primary N) is 1. The van der Waals surface area contributed by atoms with Crippen molar-refractivity contribution in [1.82, 2.24) is 9.78 Å². The van der Waals surface area contributed by atoms with Gasteiger partial charge < -0.3 is 5.73 Å². The second kappa shape index (κ2) is 4.62. The largest absolute Gasteiger partial charge is 0.398 e. The van der Waals surface area contributed by atoms with Gasteiger partial charge in [0, 0.05) is 23.3 Å². The van der Waals surface area contributed by atoms with Crippen LogP contribution in [0.25, 0.3) is 0 Å². The Balaban J connectivity index is 2.37. The van der Waals surface area contributed by atoms with Gasteiger partial charge in [-0.2, -0.15) is 5.10 Å². The Morgan fingerprint density at radius 1 is 1.39 bits per heavy atom. The van der Waals surface area contributed by atoms with Crippen LogP contribution in [0.4, 0.5) is 11.5 Å². The highest BCUT2D eigenvalue weighted by Crippen LogP contribution is 2.24. The van der Waals surface area contributed by atoms with Crippen molar-refractivity contribution in [3.63, 3.8) is 0 Å². The van der Waals surface area contributed by atoms with E-state index in [1.54, 1.807) is 13.1 Å². The number of halogens is 1. The van der Waals surface area contributed by atoms with Crippen molar-refractivity contribution < 1.29 is 8.42 Å². The van der Waals surface area contributed by atoms with Crippen molar-refractivity contribution in [1.29, 1.82) is 0 Å². The fourth-order valence-electron chi connectivity index (χ4n) is 1.35. The summed E-state index contributed by atoms with van der Waals surface area (Å²) < 4.78 is 28.6. The molecule has 0 unspecified atom stereocenters. The minimum absolute atomic E-state index is 0.129. The van der Waals surface area contributed by atoms with Gasteiger partial charge in [-0.05, 0) is 34.1 Å². The number of hydrogen-bond donors (Lipinski definition) is 2. The zero-order valence-corrected chi connectivity index (χ0v) is 11.9. The van der Waals surface area contributed by atoms with E-state index in [-0.39, 0.29) is 4.90 Å². The second-order valence-corrected chi connectivity index (χ2v) is 6.17. The van der Waals surface area contributed by atoms with Gasteiger partial charge in [-0.1, -0.05) is 0 Å². The molecule has 1 aromatic carbocycles. The molecule has 0 aliphatic rings. The Kier molecular flexibility index (Phi) is 3.31. The van der Waals surface area contributed by atoms with Gasteiger partial charge in [0.05, 0.1) is 11.1 Å². The van der Waals surface area contributed by atoms with Gasteiger partial charge in [0.25, 0.3) is 10.0 Å². The average molecular weight is 331 g/mol. The predicted octanol–water partition coefficient (Wildman–Crippen LogP) is 1.57. The van der Waals surface area contributed by atoms with Crippen molar-refractivity contribution in [2.45, 2.75) is 4.90 Å². The fraction of sp³-hybridized carbons (Fsp3) is 0.100. The Morgan fingerprint density at radius 3 is 2.67 bits per heavy atom. The lowest BCUT2D eigenvalue weighted by Crippen LogP contribution is -2.15. The number of nitrogens with zero attached hydrogens (tertiary/aromatic N) is 2. The molecule has 8 heteroatoms. The van der Waals surface area contributed by atoms with Crippen LogP contribution < -0.4 is 10.5 Å². The Bertz CT molecular complexity index is 681. The summed E-state index contributed by atoms with van der Waals surface area (Å²) >= 11 is 3.20. The molecule has 0 atom stereocenters. The molecular weight excluding hydrogens is 320 g/mol. The minimum atomic E-state index is -3.64. The number of anilines is 2. The van der Waals surface area contributed by atoms with Crippen LogP contribution in [-0.4, -0.2) is 18.2 Å². The molecule has 0 amide bonds. The van der Waals surface area contributed by atoms with E-state index in [9.17, 15) is 8.42 Å². The van der Waals surface area contributed by atoms with Crippen LogP contribution in [0.2, 0.25) is 0 Å². The lowest BCUT2D eigenvalue weighted by Gasteiger charge is -2.09. The third-order valence-electron chi connectivity index (χ3n) is 2.34. The highest BCUT2D eigenvalue weighted by molar-refractivity contribution is 9.10. The van der Waals surface area contributed by atoms with Gasteiger partial charge in [-0.25, -0.2) is 8.42 Å². The number of aryl methyl sites for hydroxylation is 1. The molecule has 1 heterocycles. The Hall–Kier alpha value is -1.54. The first-order chi connectivity index (χ1) is 8.40. The zero-order valence-electron chi connectivity index (χ0n) is 9.46. The fourth-order valence-corrected chi connectivity index (χ4v) is 2.99. The normalized spacial score (nSPS) is 11.4. The first-order valence-corrected chi connectivity index (χ1v) is 7.23. The SMILES string of the molecule is Cn1nccc1NS(=O)(=O)c1ccc(N)c(Br)c1. The molecule has 2 aromatic rings. The molecule has 0 spiro atoms. The third-order valence-corrected chi connectivity index (χ3v) is 4.38. The number of benzene rings is 1. The number of sulfonamides is 1. The molecule has 0 aliphatic heterocycles. The molecule has 1 aromatic heterocycles. The second-order valence-electron chi connectivity index (χ2n) is 3.63. The zero-order chi connectivity index (χ0) is 13.3. The lowest BCUT2D eigenvalue weighted by atomic mass is 10.3. The third kappa shape index (κ3) is 2.49. The van der Waals surface area contributed by atoms with Crippen molar-refractivity contribution in [3.05, 3.63) is 34.9 Å². The predicted molar refractivity (Wildman–Crippen MR) is 72.6 cm³/mol. The van der Waals surface area contributed by atoms with Crippen molar-refractivity contribution in [2.75, 3.05) is 10.5 Å². The average Bonchev–Trinajstić information content (AvgIpc) is 2.67. The molecular formula is C10H11BrN4O2S.